The molecule has 0 aliphatic heterocycles. The van der Waals surface area contributed by atoms with Gasteiger partial charge in [0.2, 0.25) is 0 Å². The van der Waals surface area contributed by atoms with Crippen molar-refractivity contribution in [1.29, 1.82) is 0 Å². The van der Waals surface area contributed by atoms with Gasteiger partial charge in [-0.3, -0.25) is 0 Å². The normalized spacial score (nSPS) is 11.6. The monoisotopic (exact) mass is 110 g/mol. The Hall–Kier alpha value is -0.520. The average Bonchev–Trinajstić information content (AvgIpc) is 1.67. The van der Waals surface area contributed by atoms with Crippen LogP contribution in [0, 0.1) is 0 Å². The van der Waals surface area contributed by atoms with E-state index in [1.54, 1.807) is 0 Å². The van der Waals surface area contributed by atoms with E-state index in [9.17, 15) is 0 Å². The highest BCUT2D eigenvalue weighted by Gasteiger charge is 1.83. The van der Waals surface area contributed by atoms with Crippen molar-refractivity contribution in [1.82, 2.24) is 0 Å². The molecule has 0 amide bonds. The van der Waals surface area contributed by atoms with Gasteiger partial charge in [0.05, 0.1) is 0 Å². The predicted molar refractivity (Wildman–Crippen MR) is 38.9 cm³/mol. The number of allylic oxidation sites excluding steroid dienone is 3. The molecule has 0 rings (SSSR count). The van der Waals surface area contributed by atoms with Gasteiger partial charge in [-0.1, -0.05) is 30.7 Å². The Kier molecular flexibility index (Phi) is 3.25. The van der Waals surface area contributed by atoms with Gasteiger partial charge in [-0.2, -0.15) is 0 Å². The summed E-state index contributed by atoms with van der Waals surface area (Å²) in [6, 6.07) is 0. The Labute approximate surface area is 51.9 Å². The zero-order valence-corrected chi connectivity index (χ0v) is 5.99. The van der Waals surface area contributed by atoms with E-state index >= 15 is 0 Å². The highest BCUT2D eigenvalue weighted by atomic mass is 13.9. The molecule has 0 heteroatoms. The van der Waals surface area contributed by atoms with E-state index in [-0.39, 0.29) is 0 Å². The van der Waals surface area contributed by atoms with Crippen molar-refractivity contribution >= 4 is 0 Å². The largest absolute Gasteiger partial charge is 0.0959 e. The molecule has 0 unspecified atom stereocenters. The Morgan fingerprint density at radius 1 is 1.50 bits per heavy atom. The van der Waals surface area contributed by atoms with Crippen LogP contribution < -0.4 is 0 Å². The van der Waals surface area contributed by atoms with Crippen molar-refractivity contribution in [3.8, 4) is 0 Å². The maximum absolute atomic E-state index is 3.81. The van der Waals surface area contributed by atoms with Crippen molar-refractivity contribution in [2.45, 2.75) is 27.2 Å². The lowest BCUT2D eigenvalue weighted by molar-refractivity contribution is 1.18. The van der Waals surface area contributed by atoms with Crippen LogP contribution in [0.25, 0.3) is 0 Å². The molecule has 0 aromatic heterocycles. The third-order valence-electron chi connectivity index (χ3n) is 1.18. The summed E-state index contributed by atoms with van der Waals surface area (Å²) >= 11 is 0. The fourth-order valence-corrected chi connectivity index (χ4v) is 0.480. The fourth-order valence-electron chi connectivity index (χ4n) is 0.480. The first-order valence-electron chi connectivity index (χ1n) is 3.01. The number of hydrogen-bond acceptors (Lipinski definition) is 0. The van der Waals surface area contributed by atoms with Gasteiger partial charge in [-0.15, -0.1) is 0 Å². The minimum atomic E-state index is 1.11. The summed E-state index contributed by atoms with van der Waals surface area (Å²) in [5.74, 6) is 0. The molecule has 0 aliphatic rings. The summed E-state index contributed by atoms with van der Waals surface area (Å²) in [5, 5.41) is 0. The van der Waals surface area contributed by atoms with Gasteiger partial charge >= 0.3 is 0 Å². The van der Waals surface area contributed by atoms with E-state index in [0.29, 0.717) is 0 Å². The smallest absolute Gasteiger partial charge is 0.0374 e. The molecule has 0 fully saturated rings. The topological polar surface area (TPSA) is 0 Å². The highest BCUT2D eigenvalue weighted by molar-refractivity contribution is 5.23. The summed E-state index contributed by atoms with van der Waals surface area (Å²) in [5.41, 5.74) is 2.49. The summed E-state index contributed by atoms with van der Waals surface area (Å²) in [4.78, 5) is 0. The maximum Gasteiger partial charge on any atom is -0.0374 e. The summed E-state index contributed by atoms with van der Waals surface area (Å²) in [7, 11) is 0. The summed E-state index contributed by atoms with van der Waals surface area (Å²) in [6.45, 7) is 10.1. The minimum absolute atomic E-state index is 1.11. The SMILES string of the molecule is C=C(C)C(C)=CCC. The third kappa shape index (κ3) is 2.62. The Morgan fingerprint density at radius 2 is 2.00 bits per heavy atom. The van der Waals surface area contributed by atoms with Gasteiger partial charge in [0.25, 0.3) is 0 Å². The van der Waals surface area contributed by atoms with E-state index in [1.807, 2.05) is 6.92 Å². The van der Waals surface area contributed by atoms with Crippen molar-refractivity contribution < 1.29 is 0 Å². The predicted octanol–water partition coefficient (Wildman–Crippen LogP) is 2.92. The van der Waals surface area contributed by atoms with Gasteiger partial charge in [0.1, 0.15) is 0 Å². The van der Waals surface area contributed by atoms with Crippen LogP contribution in [0.1, 0.15) is 27.2 Å². The minimum Gasteiger partial charge on any atom is -0.0959 e. The van der Waals surface area contributed by atoms with E-state index in [4.69, 9.17) is 0 Å². The van der Waals surface area contributed by atoms with Crippen molar-refractivity contribution in [3.05, 3.63) is 23.8 Å². The molecule has 0 aliphatic carbocycles. The molecular weight excluding hydrogens is 96.1 g/mol. The molecule has 0 spiro atoms. The van der Waals surface area contributed by atoms with Crippen LogP contribution >= 0.6 is 0 Å². The average molecular weight is 110 g/mol. The fraction of sp³-hybridized carbons (Fsp3) is 0.500. The van der Waals surface area contributed by atoms with E-state index in [1.165, 1.54) is 11.1 Å². The van der Waals surface area contributed by atoms with Crippen LogP contribution in [-0.2, 0) is 0 Å². The Bertz CT molecular complexity index is 107. The molecule has 0 nitrogen and oxygen atoms in total. The van der Waals surface area contributed by atoms with Gasteiger partial charge in [0, 0.05) is 0 Å². The first-order valence-corrected chi connectivity index (χ1v) is 3.01. The first-order chi connectivity index (χ1) is 3.68. The molecule has 0 saturated carbocycles. The zero-order chi connectivity index (χ0) is 6.57. The van der Waals surface area contributed by atoms with Gasteiger partial charge in [-0.05, 0) is 20.3 Å². The van der Waals surface area contributed by atoms with Crippen molar-refractivity contribution in [2.75, 3.05) is 0 Å². The maximum atomic E-state index is 3.81. The molecule has 0 atom stereocenters. The van der Waals surface area contributed by atoms with Crippen molar-refractivity contribution in [3.63, 3.8) is 0 Å². The van der Waals surface area contributed by atoms with E-state index in [2.05, 4.69) is 26.5 Å². The lowest BCUT2D eigenvalue weighted by atomic mass is 10.1. The molecule has 0 aromatic rings. The quantitative estimate of drug-likeness (QED) is 0.479. The molecule has 0 N–H and O–H groups in total. The van der Waals surface area contributed by atoms with Gasteiger partial charge in [0.15, 0.2) is 0 Å². The zero-order valence-electron chi connectivity index (χ0n) is 5.99. The molecule has 0 bridgehead atoms. The molecule has 0 saturated heterocycles. The molecule has 46 valence electrons. The molecule has 0 radical (unpaired) electrons. The van der Waals surface area contributed by atoms with Crippen LogP contribution in [0.2, 0.25) is 0 Å². The Morgan fingerprint density at radius 3 is 2.12 bits per heavy atom. The molecule has 8 heavy (non-hydrogen) atoms. The van der Waals surface area contributed by atoms with Gasteiger partial charge < -0.3 is 0 Å². The summed E-state index contributed by atoms with van der Waals surface area (Å²) in [6.07, 6.45) is 3.29. The van der Waals surface area contributed by atoms with Gasteiger partial charge in [-0.25, -0.2) is 0 Å². The second-order valence-electron chi connectivity index (χ2n) is 2.08. The second kappa shape index (κ2) is 3.48. The van der Waals surface area contributed by atoms with Crippen LogP contribution in [-0.4, -0.2) is 0 Å². The van der Waals surface area contributed by atoms with Crippen LogP contribution in [0.5, 0.6) is 0 Å². The molecule has 0 aromatic carbocycles. The standard InChI is InChI=1S/C8H14/c1-5-6-8(4)7(2)3/h6H,2,5H2,1,3-4H3. The third-order valence-corrected chi connectivity index (χ3v) is 1.18. The number of hydrogen-bond donors (Lipinski definition) is 0. The van der Waals surface area contributed by atoms with E-state index < -0.39 is 0 Å². The summed E-state index contributed by atoms with van der Waals surface area (Å²) < 4.78 is 0. The van der Waals surface area contributed by atoms with Crippen LogP contribution in [0.4, 0.5) is 0 Å². The Balaban J connectivity index is 3.80. The molecular formula is C8H14. The highest BCUT2D eigenvalue weighted by Crippen LogP contribution is 2.04. The lowest BCUT2D eigenvalue weighted by Gasteiger charge is -1.94. The van der Waals surface area contributed by atoms with E-state index in [0.717, 1.165) is 6.42 Å². The second-order valence-corrected chi connectivity index (χ2v) is 2.08. The number of rotatable bonds is 2. The van der Waals surface area contributed by atoms with Crippen molar-refractivity contribution in [2.24, 2.45) is 0 Å². The lowest BCUT2D eigenvalue weighted by Crippen LogP contribution is -1.73. The van der Waals surface area contributed by atoms with Crippen LogP contribution in [0.15, 0.2) is 23.8 Å². The molecule has 0 heterocycles. The van der Waals surface area contributed by atoms with Crippen LogP contribution in [0.3, 0.4) is 0 Å². The first kappa shape index (κ1) is 7.48.